The standard InChI is InChI=1S/C22H21ClN2O3S/c23-12-8-10-13(11-9-12)24-19(26)18-16-6-3-7-17(16)29-22(18)25-20(27)14-4-1-2-5-15(14)21(25)28/h8-11,14-15H,1-7H2,(H,24,26). The van der Waals surface area contributed by atoms with Crippen LogP contribution >= 0.6 is 22.9 Å². The second-order valence-corrected chi connectivity index (χ2v) is 9.53. The molecular weight excluding hydrogens is 408 g/mol. The number of aryl methyl sites for hydroxylation is 1. The van der Waals surface area contributed by atoms with E-state index >= 15 is 0 Å². The first-order chi connectivity index (χ1) is 14.0. The highest BCUT2D eigenvalue weighted by atomic mass is 35.5. The van der Waals surface area contributed by atoms with E-state index in [2.05, 4.69) is 5.32 Å². The van der Waals surface area contributed by atoms with E-state index in [-0.39, 0.29) is 29.6 Å². The van der Waals surface area contributed by atoms with Gasteiger partial charge in [0.25, 0.3) is 5.91 Å². The van der Waals surface area contributed by atoms with Crippen molar-refractivity contribution in [3.05, 3.63) is 45.3 Å². The molecule has 150 valence electrons. The summed E-state index contributed by atoms with van der Waals surface area (Å²) in [4.78, 5) is 41.9. The van der Waals surface area contributed by atoms with Gasteiger partial charge >= 0.3 is 0 Å². The lowest BCUT2D eigenvalue weighted by atomic mass is 9.81. The number of nitrogens with one attached hydrogen (secondary N) is 1. The fourth-order valence-electron chi connectivity index (χ4n) is 4.87. The minimum Gasteiger partial charge on any atom is -0.322 e. The fraction of sp³-hybridized carbons (Fsp3) is 0.409. The summed E-state index contributed by atoms with van der Waals surface area (Å²) in [5, 5.41) is 4.03. The van der Waals surface area contributed by atoms with Crippen molar-refractivity contribution >= 4 is 51.3 Å². The van der Waals surface area contributed by atoms with Crippen LogP contribution in [0, 0.1) is 11.8 Å². The average Bonchev–Trinajstić information content (AvgIpc) is 3.36. The Hall–Kier alpha value is -2.18. The van der Waals surface area contributed by atoms with Gasteiger partial charge < -0.3 is 5.32 Å². The number of rotatable bonds is 3. The summed E-state index contributed by atoms with van der Waals surface area (Å²) in [6.07, 6.45) is 6.20. The molecule has 1 aliphatic heterocycles. The molecule has 0 bridgehead atoms. The van der Waals surface area contributed by atoms with Gasteiger partial charge in [-0.15, -0.1) is 11.3 Å². The van der Waals surface area contributed by atoms with Crippen LogP contribution in [0.2, 0.25) is 5.02 Å². The summed E-state index contributed by atoms with van der Waals surface area (Å²) in [6.45, 7) is 0. The summed E-state index contributed by atoms with van der Waals surface area (Å²) >= 11 is 7.38. The van der Waals surface area contributed by atoms with Gasteiger partial charge in [0.1, 0.15) is 5.00 Å². The van der Waals surface area contributed by atoms with Crippen molar-refractivity contribution in [1.29, 1.82) is 0 Å². The van der Waals surface area contributed by atoms with Crippen molar-refractivity contribution < 1.29 is 14.4 Å². The van der Waals surface area contributed by atoms with E-state index in [0.717, 1.165) is 55.4 Å². The van der Waals surface area contributed by atoms with Gasteiger partial charge in [0, 0.05) is 15.6 Å². The highest BCUT2D eigenvalue weighted by molar-refractivity contribution is 7.17. The molecular formula is C22H21ClN2O3S. The molecule has 3 amide bonds. The van der Waals surface area contributed by atoms with E-state index < -0.39 is 0 Å². The van der Waals surface area contributed by atoms with Crippen LogP contribution in [-0.2, 0) is 22.4 Å². The molecule has 5 rings (SSSR count). The van der Waals surface area contributed by atoms with Crippen molar-refractivity contribution in [2.24, 2.45) is 11.8 Å². The third-order valence-electron chi connectivity index (χ3n) is 6.28. The van der Waals surface area contributed by atoms with Gasteiger partial charge in [-0.25, -0.2) is 4.90 Å². The molecule has 2 unspecified atom stereocenters. The number of carbonyl (C=O) groups is 3. The van der Waals surface area contributed by atoms with Gasteiger partial charge in [-0.05, 0) is 61.9 Å². The number of hydrogen-bond acceptors (Lipinski definition) is 4. The fourth-order valence-corrected chi connectivity index (χ4v) is 6.39. The molecule has 7 heteroatoms. The van der Waals surface area contributed by atoms with Crippen LogP contribution in [0.4, 0.5) is 10.7 Å². The number of carbonyl (C=O) groups excluding carboxylic acids is 3. The summed E-state index contributed by atoms with van der Waals surface area (Å²) in [6, 6.07) is 6.92. The number of amides is 3. The first-order valence-electron chi connectivity index (χ1n) is 10.1. The number of imide groups is 1. The van der Waals surface area contributed by atoms with Gasteiger partial charge in [-0.1, -0.05) is 24.4 Å². The molecule has 5 nitrogen and oxygen atoms in total. The highest BCUT2D eigenvalue weighted by Crippen LogP contribution is 2.47. The number of thiophene rings is 1. The first kappa shape index (κ1) is 18.8. The van der Waals surface area contributed by atoms with E-state index in [1.54, 1.807) is 24.3 Å². The lowest BCUT2D eigenvalue weighted by Gasteiger charge is -2.19. The van der Waals surface area contributed by atoms with E-state index in [9.17, 15) is 14.4 Å². The molecule has 2 aliphatic carbocycles. The number of benzene rings is 1. The van der Waals surface area contributed by atoms with Crippen molar-refractivity contribution in [1.82, 2.24) is 0 Å². The Morgan fingerprint density at radius 3 is 2.31 bits per heavy atom. The average molecular weight is 429 g/mol. The monoisotopic (exact) mass is 428 g/mol. The summed E-state index contributed by atoms with van der Waals surface area (Å²) in [7, 11) is 0. The number of anilines is 2. The van der Waals surface area contributed by atoms with Gasteiger partial charge in [-0.3, -0.25) is 14.4 Å². The maximum Gasteiger partial charge on any atom is 0.258 e. The van der Waals surface area contributed by atoms with E-state index in [1.807, 2.05) is 0 Å². The van der Waals surface area contributed by atoms with Crippen LogP contribution in [0.15, 0.2) is 24.3 Å². The Balaban J connectivity index is 1.53. The largest absolute Gasteiger partial charge is 0.322 e. The zero-order valence-electron chi connectivity index (χ0n) is 15.9. The van der Waals surface area contributed by atoms with E-state index in [0.29, 0.717) is 21.3 Å². The zero-order valence-corrected chi connectivity index (χ0v) is 17.4. The predicted molar refractivity (Wildman–Crippen MR) is 114 cm³/mol. The number of nitrogens with zero attached hydrogens (tertiary/aromatic N) is 1. The number of hydrogen-bond donors (Lipinski definition) is 1. The third-order valence-corrected chi connectivity index (χ3v) is 7.81. The smallest absolute Gasteiger partial charge is 0.258 e. The maximum atomic E-state index is 13.2. The van der Waals surface area contributed by atoms with Crippen LogP contribution in [0.3, 0.4) is 0 Å². The Morgan fingerprint density at radius 2 is 1.66 bits per heavy atom. The molecule has 2 aromatic rings. The Kier molecular flexibility index (Phi) is 4.71. The second kappa shape index (κ2) is 7.26. The quantitative estimate of drug-likeness (QED) is 0.712. The van der Waals surface area contributed by atoms with Gasteiger partial charge in [0.15, 0.2) is 0 Å². The zero-order chi connectivity index (χ0) is 20.1. The minimum atomic E-state index is -0.266. The van der Waals surface area contributed by atoms with Crippen molar-refractivity contribution in [3.8, 4) is 0 Å². The molecule has 0 radical (unpaired) electrons. The minimum absolute atomic E-state index is 0.125. The first-order valence-corrected chi connectivity index (χ1v) is 11.3. The molecule has 0 spiro atoms. The normalized spacial score (nSPS) is 23.3. The number of fused-ring (bicyclic) bond motifs is 2. The van der Waals surface area contributed by atoms with Crippen LogP contribution in [0.1, 0.15) is 52.9 Å². The Morgan fingerprint density at radius 1 is 1.00 bits per heavy atom. The van der Waals surface area contributed by atoms with Gasteiger partial charge in [0.2, 0.25) is 11.8 Å². The SMILES string of the molecule is O=C(Nc1ccc(Cl)cc1)c1c(N2C(=O)C3CCCCC3C2=O)sc2c1CCC2. The van der Waals surface area contributed by atoms with Gasteiger partial charge in [0.05, 0.1) is 17.4 Å². The van der Waals surface area contributed by atoms with Crippen LogP contribution in [0.5, 0.6) is 0 Å². The van der Waals surface area contributed by atoms with Crippen LogP contribution < -0.4 is 10.2 Å². The van der Waals surface area contributed by atoms with Crippen LogP contribution in [0.25, 0.3) is 0 Å². The molecule has 3 aliphatic rings. The van der Waals surface area contributed by atoms with Crippen LogP contribution in [-0.4, -0.2) is 17.7 Å². The van der Waals surface area contributed by atoms with E-state index in [4.69, 9.17) is 11.6 Å². The summed E-state index contributed by atoms with van der Waals surface area (Å²) < 4.78 is 0. The van der Waals surface area contributed by atoms with Crippen molar-refractivity contribution in [3.63, 3.8) is 0 Å². The second-order valence-electron chi connectivity index (χ2n) is 8.01. The Bertz CT molecular complexity index is 990. The lowest BCUT2D eigenvalue weighted by molar-refractivity contribution is -0.122. The molecule has 2 atom stereocenters. The lowest BCUT2D eigenvalue weighted by Crippen LogP contribution is -2.32. The van der Waals surface area contributed by atoms with Crippen molar-refractivity contribution in [2.45, 2.75) is 44.9 Å². The molecule has 2 heterocycles. The highest BCUT2D eigenvalue weighted by Gasteiger charge is 2.50. The molecule has 1 N–H and O–H groups in total. The third kappa shape index (κ3) is 3.09. The molecule has 1 aromatic heterocycles. The van der Waals surface area contributed by atoms with Gasteiger partial charge in [-0.2, -0.15) is 0 Å². The number of halogens is 1. The Labute approximate surface area is 178 Å². The molecule has 1 saturated carbocycles. The maximum absolute atomic E-state index is 13.2. The predicted octanol–water partition coefficient (Wildman–Crippen LogP) is 4.82. The molecule has 1 aromatic carbocycles. The van der Waals surface area contributed by atoms with Crippen molar-refractivity contribution in [2.75, 3.05) is 10.2 Å². The summed E-state index contributed by atoms with van der Waals surface area (Å²) in [5.74, 6) is -0.960. The van der Waals surface area contributed by atoms with E-state index in [1.165, 1.54) is 16.2 Å². The molecule has 1 saturated heterocycles. The summed E-state index contributed by atoms with van der Waals surface area (Å²) in [5.41, 5.74) is 2.13. The molecule has 29 heavy (non-hydrogen) atoms. The molecule has 2 fully saturated rings. The topological polar surface area (TPSA) is 66.5 Å².